The molecule has 1 aliphatic rings. The number of aryl methyl sites for hydroxylation is 2. The predicted molar refractivity (Wildman–Crippen MR) is 107 cm³/mol. The van der Waals surface area contributed by atoms with E-state index in [0.29, 0.717) is 44.8 Å². The second kappa shape index (κ2) is 8.48. The summed E-state index contributed by atoms with van der Waals surface area (Å²) in [5.41, 5.74) is 3.63. The minimum atomic E-state index is -0.385. The maximum Gasteiger partial charge on any atom is 0.409 e. The normalized spacial score (nSPS) is 14.9. The number of pyridine rings is 1. The summed E-state index contributed by atoms with van der Waals surface area (Å²) >= 11 is 0. The van der Waals surface area contributed by atoms with E-state index in [2.05, 4.69) is 17.9 Å². The molecule has 0 aliphatic carbocycles. The third-order valence-corrected chi connectivity index (χ3v) is 5.35. The molecule has 7 heteroatoms. The van der Waals surface area contributed by atoms with Gasteiger partial charge in [-0.25, -0.2) is 4.79 Å². The number of carbonyl (C=O) groups is 1. The standard InChI is InChI=1S/C21H27N3O4/c1-15-4-5-17(12-16(15)2)13-24-7-6-18(19(25)20(24)26)14-22-8-10-23(11-9-22)21(27)28-3/h4-7,12,25H,8-11,13-14H2,1-3H3. The van der Waals surface area contributed by atoms with Crippen molar-refractivity contribution >= 4 is 6.09 Å². The van der Waals surface area contributed by atoms with Crippen molar-refractivity contribution in [3.05, 3.63) is 63.1 Å². The molecule has 0 atom stereocenters. The highest BCUT2D eigenvalue weighted by atomic mass is 16.5. The van der Waals surface area contributed by atoms with E-state index in [0.717, 1.165) is 5.56 Å². The second-order valence-electron chi connectivity index (χ2n) is 7.27. The molecule has 1 saturated heterocycles. The molecule has 2 heterocycles. The summed E-state index contributed by atoms with van der Waals surface area (Å²) in [6, 6.07) is 7.90. The zero-order valence-electron chi connectivity index (χ0n) is 16.6. The summed E-state index contributed by atoms with van der Waals surface area (Å²) in [5, 5.41) is 10.4. The Hall–Kier alpha value is -2.80. The molecule has 1 aromatic carbocycles. The van der Waals surface area contributed by atoms with Crippen LogP contribution in [0.2, 0.25) is 0 Å². The number of hydrogen-bond donors (Lipinski definition) is 1. The molecule has 3 rings (SSSR count). The number of aromatic hydroxyl groups is 1. The topological polar surface area (TPSA) is 75.0 Å². The van der Waals surface area contributed by atoms with Crippen molar-refractivity contribution in [2.45, 2.75) is 26.9 Å². The van der Waals surface area contributed by atoms with Crippen LogP contribution in [0.15, 0.2) is 35.3 Å². The van der Waals surface area contributed by atoms with E-state index >= 15 is 0 Å². The van der Waals surface area contributed by atoms with E-state index in [9.17, 15) is 14.7 Å². The number of benzene rings is 1. The average molecular weight is 385 g/mol. The number of methoxy groups -OCH3 is 1. The fourth-order valence-corrected chi connectivity index (χ4v) is 3.41. The van der Waals surface area contributed by atoms with Gasteiger partial charge in [0.05, 0.1) is 13.7 Å². The van der Waals surface area contributed by atoms with E-state index in [-0.39, 0.29) is 17.4 Å². The van der Waals surface area contributed by atoms with Crippen molar-refractivity contribution < 1.29 is 14.6 Å². The van der Waals surface area contributed by atoms with Gasteiger partial charge in [-0.15, -0.1) is 0 Å². The van der Waals surface area contributed by atoms with Gasteiger partial charge in [0.1, 0.15) is 0 Å². The largest absolute Gasteiger partial charge is 0.503 e. The van der Waals surface area contributed by atoms with Gasteiger partial charge in [0.15, 0.2) is 5.75 Å². The van der Waals surface area contributed by atoms with Crippen LogP contribution in [-0.2, 0) is 17.8 Å². The SMILES string of the molecule is COC(=O)N1CCN(Cc2ccn(Cc3ccc(C)c(C)c3)c(=O)c2O)CC1. The van der Waals surface area contributed by atoms with Crippen LogP contribution in [0.5, 0.6) is 5.75 Å². The Balaban J connectivity index is 1.68. The maximum absolute atomic E-state index is 12.6. The predicted octanol–water partition coefficient (Wildman–Crippen LogP) is 2.10. The molecule has 7 nitrogen and oxygen atoms in total. The first kappa shape index (κ1) is 19.9. The summed E-state index contributed by atoms with van der Waals surface area (Å²) in [6.45, 7) is 7.46. The smallest absolute Gasteiger partial charge is 0.409 e. The molecule has 0 bridgehead atoms. The minimum absolute atomic E-state index is 0.207. The highest BCUT2D eigenvalue weighted by molar-refractivity contribution is 5.67. The van der Waals surface area contributed by atoms with Gasteiger partial charge in [-0.1, -0.05) is 18.2 Å². The van der Waals surface area contributed by atoms with E-state index < -0.39 is 0 Å². The Kier molecular flexibility index (Phi) is 6.04. The lowest BCUT2D eigenvalue weighted by Gasteiger charge is -2.33. The first-order valence-corrected chi connectivity index (χ1v) is 9.41. The number of rotatable bonds is 4. The van der Waals surface area contributed by atoms with E-state index in [1.807, 2.05) is 19.1 Å². The Bertz CT molecular complexity index is 914. The van der Waals surface area contributed by atoms with Crippen molar-refractivity contribution in [3.8, 4) is 5.75 Å². The summed E-state index contributed by atoms with van der Waals surface area (Å²) in [4.78, 5) is 27.9. The molecule has 1 N–H and O–H groups in total. The Morgan fingerprint density at radius 1 is 1.07 bits per heavy atom. The summed E-state index contributed by atoms with van der Waals surface area (Å²) in [6.07, 6.45) is 1.41. The van der Waals surface area contributed by atoms with Crippen molar-refractivity contribution in [2.24, 2.45) is 0 Å². The molecule has 2 aromatic rings. The summed E-state index contributed by atoms with van der Waals surface area (Å²) in [5.74, 6) is -0.207. The van der Waals surface area contributed by atoms with Crippen molar-refractivity contribution in [2.75, 3.05) is 33.3 Å². The highest BCUT2D eigenvalue weighted by Crippen LogP contribution is 2.17. The molecule has 0 unspecified atom stereocenters. The number of nitrogens with zero attached hydrogens (tertiary/aromatic N) is 3. The number of hydrogen-bond acceptors (Lipinski definition) is 5. The third kappa shape index (κ3) is 4.36. The maximum atomic E-state index is 12.6. The second-order valence-corrected chi connectivity index (χ2v) is 7.27. The number of amides is 1. The fraction of sp³-hybridized carbons (Fsp3) is 0.429. The first-order valence-electron chi connectivity index (χ1n) is 9.41. The number of piperazine rings is 1. The Morgan fingerprint density at radius 2 is 1.79 bits per heavy atom. The van der Waals surface area contributed by atoms with E-state index in [4.69, 9.17) is 4.74 Å². The van der Waals surface area contributed by atoms with Crippen LogP contribution in [0.1, 0.15) is 22.3 Å². The molecule has 1 aliphatic heterocycles. The van der Waals surface area contributed by atoms with Crippen LogP contribution in [-0.4, -0.2) is 58.9 Å². The van der Waals surface area contributed by atoms with Crippen LogP contribution < -0.4 is 5.56 Å². The summed E-state index contributed by atoms with van der Waals surface area (Å²) < 4.78 is 6.26. The number of ether oxygens (including phenoxy) is 1. The monoisotopic (exact) mass is 385 g/mol. The van der Waals surface area contributed by atoms with Crippen molar-refractivity contribution in [1.29, 1.82) is 0 Å². The van der Waals surface area contributed by atoms with Crippen LogP contribution in [0.25, 0.3) is 0 Å². The van der Waals surface area contributed by atoms with Crippen LogP contribution in [0.3, 0.4) is 0 Å². The van der Waals surface area contributed by atoms with Crippen LogP contribution in [0, 0.1) is 13.8 Å². The zero-order chi connectivity index (χ0) is 20.3. The first-order chi connectivity index (χ1) is 13.4. The molecule has 0 saturated carbocycles. The minimum Gasteiger partial charge on any atom is -0.503 e. The summed E-state index contributed by atoms with van der Waals surface area (Å²) in [7, 11) is 1.37. The average Bonchev–Trinajstić information content (AvgIpc) is 2.70. The van der Waals surface area contributed by atoms with Crippen LogP contribution >= 0.6 is 0 Å². The highest BCUT2D eigenvalue weighted by Gasteiger charge is 2.22. The third-order valence-electron chi connectivity index (χ3n) is 5.35. The van der Waals surface area contributed by atoms with Gasteiger partial charge in [-0.05, 0) is 36.6 Å². The van der Waals surface area contributed by atoms with Crippen LogP contribution in [0.4, 0.5) is 4.79 Å². The Labute approximate surface area is 164 Å². The van der Waals surface area contributed by atoms with Gasteiger partial charge in [0.25, 0.3) is 5.56 Å². The molecular formula is C21H27N3O4. The Morgan fingerprint density at radius 3 is 2.43 bits per heavy atom. The van der Waals surface area contributed by atoms with Gasteiger partial charge in [0.2, 0.25) is 0 Å². The lowest BCUT2D eigenvalue weighted by Crippen LogP contribution is -2.48. The lowest BCUT2D eigenvalue weighted by molar-refractivity contribution is 0.0885. The van der Waals surface area contributed by atoms with Gasteiger partial charge in [-0.2, -0.15) is 0 Å². The zero-order valence-corrected chi connectivity index (χ0v) is 16.6. The molecule has 0 spiro atoms. The molecule has 1 aromatic heterocycles. The van der Waals surface area contributed by atoms with E-state index in [1.165, 1.54) is 22.8 Å². The molecule has 150 valence electrons. The number of aromatic nitrogens is 1. The number of carbonyl (C=O) groups excluding carboxylic acids is 1. The molecule has 1 fully saturated rings. The van der Waals surface area contributed by atoms with Crippen molar-refractivity contribution in [3.63, 3.8) is 0 Å². The molecular weight excluding hydrogens is 358 g/mol. The lowest BCUT2D eigenvalue weighted by atomic mass is 10.1. The molecule has 0 radical (unpaired) electrons. The van der Waals surface area contributed by atoms with Gasteiger partial charge in [-0.3, -0.25) is 9.69 Å². The van der Waals surface area contributed by atoms with Gasteiger partial charge in [0, 0.05) is 44.5 Å². The fourth-order valence-electron chi connectivity index (χ4n) is 3.41. The van der Waals surface area contributed by atoms with Gasteiger partial charge >= 0.3 is 6.09 Å². The molecule has 1 amide bonds. The van der Waals surface area contributed by atoms with Crippen molar-refractivity contribution in [1.82, 2.24) is 14.4 Å². The quantitative estimate of drug-likeness (QED) is 0.872. The van der Waals surface area contributed by atoms with Gasteiger partial charge < -0.3 is 19.3 Å². The molecule has 28 heavy (non-hydrogen) atoms. The van der Waals surface area contributed by atoms with E-state index in [1.54, 1.807) is 17.2 Å².